The summed E-state index contributed by atoms with van der Waals surface area (Å²) < 4.78 is 10.1. The van der Waals surface area contributed by atoms with E-state index in [1.165, 1.54) is 0 Å². The first-order valence-electron chi connectivity index (χ1n) is 5.98. The zero-order chi connectivity index (χ0) is 13.1. The Morgan fingerprint density at radius 1 is 1.35 bits per heavy atom. The topological polar surface area (TPSA) is 55.8 Å². The van der Waals surface area contributed by atoms with E-state index in [9.17, 15) is 9.59 Å². The van der Waals surface area contributed by atoms with E-state index in [0.717, 1.165) is 6.42 Å². The Bertz CT molecular complexity index is 295. The van der Waals surface area contributed by atoms with Crippen LogP contribution in [0.3, 0.4) is 0 Å². The Morgan fingerprint density at radius 2 is 2.00 bits per heavy atom. The quantitative estimate of drug-likeness (QED) is 0.711. The number of rotatable bonds is 3. The Hall–Kier alpha value is -1.26. The van der Waals surface area contributed by atoms with Gasteiger partial charge in [0.1, 0.15) is 5.60 Å². The number of likely N-dealkylation sites (tertiary alicyclic amines) is 1. The number of esters is 1. The zero-order valence-corrected chi connectivity index (χ0v) is 11.0. The fourth-order valence-corrected chi connectivity index (χ4v) is 1.63. The van der Waals surface area contributed by atoms with Crippen molar-refractivity contribution in [2.24, 2.45) is 0 Å². The minimum Gasteiger partial charge on any atom is -0.466 e. The highest BCUT2D eigenvalue weighted by Crippen LogP contribution is 2.23. The molecule has 5 nitrogen and oxygen atoms in total. The maximum atomic E-state index is 11.7. The second-order valence-corrected chi connectivity index (χ2v) is 5.13. The van der Waals surface area contributed by atoms with Crippen LogP contribution in [0.5, 0.6) is 0 Å². The second-order valence-electron chi connectivity index (χ2n) is 5.13. The lowest BCUT2D eigenvalue weighted by molar-refractivity contribution is -0.145. The van der Waals surface area contributed by atoms with Gasteiger partial charge in [-0.25, -0.2) is 4.79 Å². The molecule has 1 aliphatic heterocycles. The van der Waals surface area contributed by atoms with Gasteiger partial charge in [-0.2, -0.15) is 0 Å². The lowest BCUT2D eigenvalue weighted by Gasteiger charge is -2.40. The van der Waals surface area contributed by atoms with Gasteiger partial charge < -0.3 is 14.4 Å². The maximum Gasteiger partial charge on any atom is 0.410 e. The SMILES string of the molecule is CCOC(=O)CC1CCN1C(=O)OC(C)(C)C. The summed E-state index contributed by atoms with van der Waals surface area (Å²) in [6, 6.07) is -0.0658. The maximum absolute atomic E-state index is 11.7. The van der Waals surface area contributed by atoms with E-state index in [2.05, 4.69) is 0 Å². The molecule has 0 N–H and O–H groups in total. The molecule has 1 atom stereocenters. The molecule has 98 valence electrons. The molecule has 0 aromatic heterocycles. The first-order valence-corrected chi connectivity index (χ1v) is 5.98. The number of hydrogen-bond donors (Lipinski definition) is 0. The van der Waals surface area contributed by atoms with Crippen LogP contribution in [-0.4, -0.2) is 41.8 Å². The van der Waals surface area contributed by atoms with Crippen molar-refractivity contribution in [3.63, 3.8) is 0 Å². The van der Waals surface area contributed by atoms with Gasteiger partial charge in [-0.3, -0.25) is 4.79 Å². The number of ether oxygens (including phenoxy) is 2. The molecule has 1 amide bonds. The lowest BCUT2D eigenvalue weighted by Crippen LogP contribution is -2.53. The molecular formula is C12H21NO4. The van der Waals surface area contributed by atoms with Gasteiger partial charge in [-0.15, -0.1) is 0 Å². The van der Waals surface area contributed by atoms with E-state index < -0.39 is 5.60 Å². The van der Waals surface area contributed by atoms with Gasteiger partial charge >= 0.3 is 12.1 Å². The van der Waals surface area contributed by atoms with E-state index in [-0.39, 0.29) is 24.5 Å². The highest BCUT2D eigenvalue weighted by atomic mass is 16.6. The minimum atomic E-state index is -0.499. The first-order chi connectivity index (χ1) is 7.83. The fraction of sp³-hybridized carbons (Fsp3) is 0.833. The molecule has 1 heterocycles. The van der Waals surface area contributed by atoms with Crippen LogP contribution in [0.4, 0.5) is 4.79 Å². The van der Waals surface area contributed by atoms with Gasteiger partial charge in [0, 0.05) is 12.6 Å². The van der Waals surface area contributed by atoms with Crippen molar-refractivity contribution in [1.82, 2.24) is 4.90 Å². The number of carbonyl (C=O) groups excluding carboxylic acids is 2. The summed E-state index contributed by atoms with van der Waals surface area (Å²) in [5.41, 5.74) is -0.499. The van der Waals surface area contributed by atoms with E-state index >= 15 is 0 Å². The molecule has 1 fully saturated rings. The summed E-state index contributed by atoms with van der Waals surface area (Å²) in [5, 5.41) is 0. The monoisotopic (exact) mass is 243 g/mol. The van der Waals surface area contributed by atoms with E-state index in [0.29, 0.717) is 13.2 Å². The van der Waals surface area contributed by atoms with Crippen molar-refractivity contribution in [3.05, 3.63) is 0 Å². The van der Waals surface area contributed by atoms with Crippen LogP contribution < -0.4 is 0 Å². The second kappa shape index (κ2) is 5.38. The molecule has 0 radical (unpaired) electrons. The summed E-state index contributed by atoms with van der Waals surface area (Å²) in [7, 11) is 0. The third-order valence-corrected chi connectivity index (χ3v) is 2.48. The van der Waals surface area contributed by atoms with Crippen molar-refractivity contribution in [2.75, 3.05) is 13.2 Å². The number of carbonyl (C=O) groups is 2. The molecule has 0 aromatic rings. The molecule has 0 bridgehead atoms. The largest absolute Gasteiger partial charge is 0.466 e. The van der Waals surface area contributed by atoms with Gasteiger partial charge in [0.05, 0.1) is 13.0 Å². The molecule has 17 heavy (non-hydrogen) atoms. The lowest BCUT2D eigenvalue weighted by atomic mass is 10.0. The average molecular weight is 243 g/mol. The Kier molecular flexibility index (Phi) is 4.37. The van der Waals surface area contributed by atoms with Crippen LogP contribution in [0.1, 0.15) is 40.5 Å². The molecule has 1 saturated heterocycles. The van der Waals surface area contributed by atoms with Gasteiger partial charge in [-0.05, 0) is 34.1 Å². The molecule has 0 aromatic carbocycles. The minimum absolute atomic E-state index is 0.0658. The average Bonchev–Trinajstić information content (AvgIpc) is 2.09. The van der Waals surface area contributed by atoms with Gasteiger partial charge in [0.15, 0.2) is 0 Å². The van der Waals surface area contributed by atoms with E-state index in [1.807, 2.05) is 20.8 Å². The van der Waals surface area contributed by atoms with Crippen molar-refractivity contribution in [1.29, 1.82) is 0 Å². The van der Waals surface area contributed by atoms with Gasteiger partial charge in [-0.1, -0.05) is 0 Å². The van der Waals surface area contributed by atoms with Crippen LogP contribution in [-0.2, 0) is 14.3 Å². The number of nitrogens with zero attached hydrogens (tertiary/aromatic N) is 1. The predicted molar refractivity (Wildman–Crippen MR) is 62.6 cm³/mol. The van der Waals surface area contributed by atoms with Crippen molar-refractivity contribution in [2.45, 2.75) is 52.2 Å². The molecule has 0 aliphatic carbocycles. The predicted octanol–water partition coefficient (Wildman–Crippen LogP) is 1.95. The summed E-state index contributed by atoms with van der Waals surface area (Å²) in [6.07, 6.45) is 0.739. The van der Waals surface area contributed by atoms with Crippen molar-refractivity contribution in [3.8, 4) is 0 Å². The van der Waals surface area contributed by atoms with Crippen LogP contribution in [0, 0.1) is 0 Å². The first kappa shape index (κ1) is 13.8. The molecule has 5 heteroatoms. The van der Waals surface area contributed by atoms with E-state index in [1.54, 1.807) is 11.8 Å². The number of amides is 1. The normalized spacial score (nSPS) is 19.5. The number of hydrogen-bond acceptors (Lipinski definition) is 4. The van der Waals surface area contributed by atoms with E-state index in [4.69, 9.17) is 9.47 Å². The Balaban J connectivity index is 2.40. The third-order valence-electron chi connectivity index (χ3n) is 2.48. The van der Waals surface area contributed by atoms with Crippen LogP contribution in [0.15, 0.2) is 0 Å². The summed E-state index contributed by atoms with van der Waals surface area (Å²) in [5.74, 6) is -0.259. The zero-order valence-electron chi connectivity index (χ0n) is 11.0. The van der Waals surface area contributed by atoms with Crippen molar-refractivity contribution >= 4 is 12.1 Å². The highest BCUT2D eigenvalue weighted by Gasteiger charge is 2.36. The van der Waals surface area contributed by atoms with Crippen molar-refractivity contribution < 1.29 is 19.1 Å². The van der Waals surface area contributed by atoms with Gasteiger partial charge in [0.2, 0.25) is 0 Å². The molecule has 0 spiro atoms. The Labute approximate surface area is 102 Å². The molecule has 1 aliphatic rings. The summed E-state index contributed by atoms with van der Waals surface area (Å²) in [6.45, 7) is 8.27. The Morgan fingerprint density at radius 3 is 2.41 bits per heavy atom. The molecule has 1 rings (SSSR count). The summed E-state index contributed by atoms with van der Waals surface area (Å²) >= 11 is 0. The third kappa shape index (κ3) is 4.24. The fourth-order valence-electron chi connectivity index (χ4n) is 1.63. The van der Waals surface area contributed by atoms with Crippen LogP contribution in [0.2, 0.25) is 0 Å². The highest BCUT2D eigenvalue weighted by molar-refractivity contribution is 5.74. The summed E-state index contributed by atoms with van der Waals surface area (Å²) in [4.78, 5) is 24.6. The smallest absolute Gasteiger partial charge is 0.410 e. The van der Waals surface area contributed by atoms with Gasteiger partial charge in [0.25, 0.3) is 0 Å². The van der Waals surface area contributed by atoms with Crippen LogP contribution >= 0.6 is 0 Å². The van der Waals surface area contributed by atoms with Crippen LogP contribution in [0.25, 0.3) is 0 Å². The standard InChI is InChI=1S/C12H21NO4/c1-5-16-10(14)8-9-6-7-13(9)11(15)17-12(2,3)4/h9H,5-8H2,1-4H3. The molecule has 1 unspecified atom stereocenters. The molecule has 0 saturated carbocycles. The molecular weight excluding hydrogens is 222 g/mol.